The van der Waals surface area contributed by atoms with Gasteiger partial charge in [-0.15, -0.1) is 16.8 Å². The first-order chi connectivity index (χ1) is 13.1. The number of pyridine rings is 1. The number of aromatic nitrogens is 4. The Hall–Kier alpha value is -3.00. The summed E-state index contributed by atoms with van der Waals surface area (Å²) in [6.07, 6.45) is 3.44. The van der Waals surface area contributed by atoms with E-state index in [1.54, 1.807) is 18.3 Å². The molecule has 0 unspecified atom stereocenters. The minimum atomic E-state index is -0.577. The normalized spacial score (nSPS) is 10.6. The van der Waals surface area contributed by atoms with Crippen LogP contribution >= 0.6 is 11.8 Å². The molecule has 0 bridgehead atoms. The molecule has 138 valence electrons. The Bertz CT molecular complexity index is 960. The molecule has 0 amide bonds. The summed E-state index contributed by atoms with van der Waals surface area (Å²) in [5, 5.41) is 9.12. The summed E-state index contributed by atoms with van der Waals surface area (Å²) in [5.74, 6) is -0.0316. The van der Waals surface area contributed by atoms with E-state index >= 15 is 0 Å². The van der Waals surface area contributed by atoms with Gasteiger partial charge in [0.1, 0.15) is 11.5 Å². The molecule has 0 N–H and O–H groups in total. The molecule has 2 aromatic heterocycles. The Morgan fingerprint density at radius 1 is 1.33 bits per heavy atom. The fourth-order valence-corrected chi connectivity index (χ4v) is 3.44. The van der Waals surface area contributed by atoms with Crippen molar-refractivity contribution in [3.05, 3.63) is 72.2 Å². The van der Waals surface area contributed by atoms with Gasteiger partial charge in [-0.25, -0.2) is 9.18 Å². The molecule has 3 rings (SSSR count). The maximum atomic E-state index is 13.5. The fraction of sp³-hybridized carbons (Fsp3) is 0.158. The predicted molar refractivity (Wildman–Crippen MR) is 101 cm³/mol. The van der Waals surface area contributed by atoms with Gasteiger partial charge in [0.05, 0.1) is 12.7 Å². The van der Waals surface area contributed by atoms with E-state index in [0.717, 1.165) is 0 Å². The Morgan fingerprint density at radius 2 is 2.19 bits per heavy atom. The number of benzene rings is 1. The van der Waals surface area contributed by atoms with Crippen molar-refractivity contribution in [2.75, 3.05) is 7.11 Å². The number of carbonyl (C=O) groups excluding carboxylic acids is 1. The molecule has 0 radical (unpaired) electrons. The molecule has 6 nitrogen and oxygen atoms in total. The maximum absolute atomic E-state index is 13.5. The lowest BCUT2D eigenvalue weighted by molar-refractivity contribution is 0.0599. The highest BCUT2D eigenvalue weighted by Crippen LogP contribution is 2.27. The summed E-state index contributed by atoms with van der Waals surface area (Å²) in [4.78, 5) is 16.2. The minimum absolute atomic E-state index is 0.199. The van der Waals surface area contributed by atoms with Gasteiger partial charge in [-0.1, -0.05) is 30.0 Å². The number of allylic oxidation sites excluding steroid dienone is 1. The third kappa shape index (κ3) is 4.22. The molecule has 0 aliphatic rings. The molecule has 8 heteroatoms. The SMILES string of the molecule is C=CCn1c(SCc2ccc(F)cc2C(=O)OC)nnc1-c1ccccn1. The lowest BCUT2D eigenvalue weighted by Crippen LogP contribution is -2.06. The van der Waals surface area contributed by atoms with Crippen LogP contribution in [0.5, 0.6) is 0 Å². The average Bonchev–Trinajstić information content (AvgIpc) is 3.10. The Morgan fingerprint density at radius 3 is 2.89 bits per heavy atom. The lowest BCUT2D eigenvalue weighted by atomic mass is 10.1. The van der Waals surface area contributed by atoms with Crippen LogP contribution in [0.3, 0.4) is 0 Å². The molecule has 0 aliphatic carbocycles. The molecular formula is C19H17FN4O2S. The van der Waals surface area contributed by atoms with Crippen LogP contribution in [0, 0.1) is 5.82 Å². The summed E-state index contributed by atoms with van der Waals surface area (Å²) >= 11 is 1.39. The molecule has 3 aromatic rings. The van der Waals surface area contributed by atoms with Gasteiger partial charge in [0.2, 0.25) is 0 Å². The third-order valence-electron chi connectivity index (χ3n) is 3.76. The van der Waals surface area contributed by atoms with Crippen molar-refractivity contribution in [2.45, 2.75) is 17.5 Å². The van der Waals surface area contributed by atoms with E-state index in [1.807, 2.05) is 22.8 Å². The van der Waals surface area contributed by atoms with Gasteiger partial charge in [-0.2, -0.15) is 0 Å². The summed E-state index contributed by atoms with van der Waals surface area (Å²) in [7, 11) is 1.27. The van der Waals surface area contributed by atoms with Gasteiger partial charge >= 0.3 is 5.97 Å². The van der Waals surface area contributed by atoms with Crippen LogP contribution in [0.25, 0.3) is 11.5 Å². The molecule has 0 saturated carbocycles. The van der Waals surface area contributed by atoms with Crippen molar-refractivity contribution in [2.24, 2.45) is 0 Å². The first-order valence-corrected chi connectivity index (χ1v) is 9.07. The van der Waals surface area contributed by atoms with Crippen molar-refractivity contribution in [3.63, 3.8) is 0 Å². The minimum Gasteiger partial charge on any atom is -0.465 e. The second-order valence-corrected chi connectivity index (χ2v) is 6.44. The van der Waals surface area contributed by atoms with Crippen LogP contribution in [0.4, 0.5) is 4.39 Å². The van der Waals surface area contributed by atoms with Crippen LogP contribution < -0.4 is 0 Å². The van der Waals surface area contributed by atoms with Crippen molar-refractivity contribution < 1.29 is 13.9 Å². The smallest absolute Gasteiger partial charge is 0.338 e. The number of methoxy groups -OCH3 is 1. The Balaban J connectivity index is 1.88. The van der Waals surface area contributed by atoms with Crippen LogP contribution in [-0.2, 0) is 17.0 Å². The number of esters is 1. The van der Waals surface area contributed by atoms with Gasteiger partial charge in [0.15, 0.2) is 11.0 Å². The van der Waals surface area contributed by atoms with Crippen molar-refractivity contribution in [1.29, 1.82) is 0 Å². The zero-order valence-corrected chi connectivity index (χ0v) is 15.4. The molecule has 0 atom stereocenters. The predicted octanol–water partition coefficient (Wildman–Crippen LogP) is 3.74. The van der Waals surface area contributed by atoms with E-state index in [0.29, 0.717) is 34.5 Å². The van der Waals surface area contributed by atoms with E-state index in [1.165, 1.54) is 31.0 Å². The lowest BCUT2D eigenvalue weighted by Gasteiger charge is -2.09. The summed E-state index contributed by atoms with van der Waals surface area (Å²) in [6.45, 7) is 4.29. The highest BCUT2D eigenvalue weighted by molar-refractivity contribution is 7.98. The number of halogens is 1. The fourth-order valence-electron chi connectivity index (χ4n) is 2.49. The van der Waals surface area contributed by atoms with Crippen LogP contribution in [0.15, 0.2) is 60.4 Å². The number of rotatable bonds is 7. The van der Waals surface area contributed by atoms with E-state index < -0.39 is 11.8 Å². The molecule has 27 heavy (non-hydrogen) atoms. The van der Waals surface area contributed by atoms with Crippen molar-refractivity contribution in [1.82, 2.24) is 19.7 Å². The summed E-state index contributed by atoms with van der Waals surface area (Å²) in [5.41, 5.74) is 1.56. The number of carbonyl (C=O) groups is 1. The van der Waals surface area contributed by atoms with E-state index in [9.17, 15) is 9.18 Å². The maximum Gasteiger partial charge on any atom is 0.338 e. The second-order valence-electron chi connectivity index (χ2n) is 5.50. The van der Waals surface area contributed by atoms with E-state index in [4.69, 9.17) is 4.74 Å². The van der Waals surface area contributed by atoms with E-state index in [-0.39, 0.29) is 5.56 Å². The Kier molecular flexibility index (Phi) is 5.97. The zero-order chi connectivity index (χ0) is 19.2. The topological polar surface area (TPSA) is 69.9 Å². The number of thioether (sulfide) groups is 1. The van der Waals surface area contributed by atoms with Crippen LogP contribution in [-0.4, -0.2) is 32.8 Å². The average molecular weight is 384 g/mol. The summed E-state index contributed by atoms with van der Waals surface area (Å²) in [6, 6.07) is 9.63. The first-order valence-electron chi connectivity index (χ1n) is 8.09. The van der Waals surface area contributed by atoms with Gasteiger partial charge < -0.3 is 4.74 Å². The third-order valence-corrected chi connectivity index (χ3v) is 4.77. The van der Waals surface area contributed by atoms with Crippen LogP contribution in [0.1, 0.15) is 15.9 Å². The van der Waals surface area contributed by atoms with Gasteiger partial charge in [-0.3, -0.25) is 9.55 Å². The van der Waals surface area contributed by atoms with Crippen LogP contribution in [0.2, 0.25) is 0 Å². The Labute approximate surface area is 160 Å². The highest BCUT2D eigenvalue weighted by Gasteiger charge is 2.17. The first kappa shape index (κ1) is 18.8. The number of ether oxygens (including phenoxy) is 1. The van der Waals surface area contributed by atoms with Crippen molar-refractivity contribution in [3.8, 4) is 11.5 Å². The zero-order valence-electron chi connectivity index (χ0n) is 14.6. The van der Waals surface area contributed by atoms with Gasteiger partial charge in [0, 0.05) is 18.5 Å². The largest absolute Gasteiger partial charge is 0.465 e. The molecular weight excluding hydrogens is 367 g/mol. The molecule has 0 aliphatic heterocycles. The summed E-state index contributed by atoms with van der Waals surface area (Å²) < 4.78 is 20.1. The molecule has 0 saturated heterocycles. The monoisotopic (exact) mass is 384 g/mol. The highest BCUT2D eigenvalue weighted by atomic mass is 32.2. The number of hydrogen-bond acceptors (Lipinski definition) is 6. The molecule has 0 spiro atoms. The number of hydrogen-bond donors (Lipinski definition) is 0. The number of nitrogens with zero attached hydrogens (tertiary/aromatic N) is 4. The van der Waals surface area contributed by atoms with E-state index in [2.05, 4.69) is 21.8 Å². The quantitative estimate of drug-likeness (QED) is 0.351. The molecule has 0 fully saturated rings. The second kappa shape index (κ2) is 8.59. The molecule has 2 heterocycles. The van der Waals surface area contributed by atoms with Crippen molar-refractivity contribution >= 4 is 17.7 Å². The van der Waals surface area contributed by atoms with Gasteiger partial charge in [0.25, 0.3) is 0 Å². The standard InChI is InChI=1S/C19H17FN4O2S/c1-3-10-24-17(16-6-4-5-9-21-16)22-23-19(24)27-12-13-7-8-14(20)11-15(13)18(25)26-2/h3-9,11H,1,10,12H2,2H3. The molecule has 1 aromatic carbocycles. The van der Waals surface area contributed by atoms with Gasteiger partial charge in [-0.05, 0) is 29.8 Å².